The first-order valence-electron chi connectivity index (χ1n) is 3.86. The van der Waals surface area contributed by atoms with E-state index in [9.17, 15) is 0 Å². The third-order valence-corrected chi connectivity index (χ3v) is 1.75. The Hall–Kier alpha value is 0.310. The van der Waals surface area contributed by atoms with Crippen LogP contribution < -0.4 is 0 Å². The molecule has 0 aromatic rings. The van der Waals surface area contributed by atoms with E-state index in [0.29, 0.717) is 0 Å². The van der Waals surface area contributed by atoms with Crippen LogP contribution in [0.15, 0.2) is 0 Å². The van der Waals surface area contributed by atoms with Crippen molar-refractivity contribution in [3.63, 3.8) is 0 Å². The summed E-state index contributed by atoms with van der Waals surface area (Å²) in [6.07, 6.45) is 8.08. The van der Waals surface area contributed by atoms with Crippen LogP contribution in [-0.4, -0.2) is 12.9 Å². The summed E-state index contributed by atoms with van der Waals surface area (Å²) < 4.78 is 5.11. The van der Waals surface area contributed by atoms with E-state index in [1.54, 1.807) is 0 Å². The van der Waals surface area contributed by atoms with Gasteiger partial charge in [0, 0.05) is 6.26 Å². The number of rotatable bonds is 7. The molecule has 0 aromatic heterocycles. The van der Waals surface area contributed by atoms with Crippen LogP contribution in [0.1, 0.15) is 32.1 Å². The van der Waals surface area contributed by atoms with Gasteiger partial charge in [-0.2, -0.15) is 0 Å². The third kappa shape index (κ3) is 8.31. The molecule has 0 unspecified atom stereocenters. The summed E-state index contributed by atoms with van der Waals surface area (Å²) in [5.74, 6) is 0. The minimum absolute atomic E-state index is 0.901. The van der Waals surface area contributed by atoms with E-state index in [-0.39, 0.29) is 0 Å². The number of hydrogen-bond donors (Lipinski definition) is 0. The topological polar surface area (TPSA) is 9.23 Å². The predicted molar refractivity (Wildman–Crippen MR) is 47.9 cm³/mol. The summed E-state index contributed by atoms with van der Waals surface area (Å²) in [4.78, 5) is 0. The molecule has 0 aliphatic rings. The molecule has 1 nitrogen and oxygen atoms in total. The highest BCUT2D eigenvalue weighted by Crippen LogP contribution is 2.04. The third-order valence-electron chi connectivity index (χ3n) is 1.35. The Morgan fingerprint density at radius 2 is 1.90 bits per heavy atom. The Kier molecular flexibility index (Phi) is 9.60. The summed E-state index contributed by atoms with van der Waals surface area (Å²) in [6, 6.07) is 0. The zero-order valence-electron chi connectivity index (χ0n) is 6.77. The Morgan fingerprint density at radius 1 is 1.20 bits per heavy atom. The van der Waals surface area contributed by atoms with Crippen molar-refractivity contribution in [3.8, 4) is 0 Å². The highest BCUT2D eigenvalue weighted by Gasteiger charge is 1.87. The Bertz CT molecular complexity index is 49.2. The molecule has 0 aliphatic carbocycles. The predicted octanol–water partition coefficient (Wildman–Crippen LogP) is 3.07. The Balaban J connectivity index is 2.65. The van der Waals surface area contributed by atoms with Crippen molar-refractivity contribution in [2.24, 2.45) is 0 Å². The van der Waals surface area contributed by atoms with Gasteiger partial charge in [-0.1, -0.05) is 32.6 Å². The van der Waals surface area contributed by atoms with Crippen molar-refractivity contribution in [1.82, 2.24) is 0 Å². The van der Waals surface area contributed by atoms with Crippen LogP contribution in [0.5, 0.6) is 0 Å². The monoisotopic (exact) mass is 161 g/mol. The van der Waals surface area contributed by atoms with Crippen LogP contribution >= 0.6 is 12.0 Å². The summed E-state index contributed by atoms with van der Waals surface area (Å²) >= 11 is 1.45. The van der Waals surface area contributed by atoms with E-state index >= 15 is 0 Å². The van der Waals surface area contributed by atoms with Crippen molar-refractivity contribution in [1.29, 1.82) is 0 Å². The fraction of sp³-hybridized carbons (Fsp3) is 0.875. The van der Waals surface area contributed by atoms with Gasteiger partial charge in [-0.05, 0) is 18.5 Å². The van der Waals surface area contributed by atoms with Gasteiger partial charge < -0.3 is 4.18 Å². The summed E-state index contributed by atoms with van der Waals surface area (Å²) in [5.41, 5.74) is 0. The van der Waals surface area contributed by atoms with Gasteiger partial charge in [-0.15, -0.1) is 0 Å². The maximum atomic E-state index is 5.11. The Labute approximate surface area is 68.7 Å². The quantitative estimate of drug-likeness (QED) is 0.419. The van der Waals surface area contributed by atoms with Gasteiger partial charge >= 0.3 is 0 Å². The molecule has 0 bridgehead atoms. The standard InChI is InChI=1S/C8H17OS/c1-3-4-5-6-7-8-9-10-2/h1,3-8H2,2H3. The van der Waals surface area contributed by atoms with E-state index in [4.69, 9.17) is 4.18 Å². The minimum atomic E-state index is 0.901. The lowest BCUT2D eigenvalue weighted by Gasteiger charge is -1.98. The minimum Gasteiger partial charge on any atom is -0.316 e. The Morgan fingerprint density at radius 3 is 2.50 bits per heavy atom. The normalized spacial score (nSPS) is 10.2. The van der Waals surface area contributed by atoms with Gasteiger partial charge in [0.25, 0.3) is 0 Å². The number of unbranched alkanes of at least 4 members (excludes halogenated alkanes) is 4. The van der Waals surface area contributed by atoms with Crippen molar-refractivity contribution in [3.05, 3.63) is 6.92 Å². The largest absolute Gasteiger partial charge is 0.316 e. The molecule has 0 fully saturated rings. The van der Waals surface area contributed by atoms with Crippen LogP contribution in [0.2, 0.25) is 0 Å². The van der Waals surface area contributed by atoms with E-state index in [2.05, 4.69) is 6.92 Å². The molecule has 0 aromatic carbocycles. The molecule has 0 N–H and O–H groups in total. The average molecular weight is 161 g/mol. The van der Waals surface area contributed by atoms with Crippen LogP contribution in [0.4, 0.5) is 0 Å². The molecule has 61 valence electrons. The van der Waals surface area contributed by atoms with E-state index < -0.39 is 0 Å². The maximum absolute atomic E-state index is 5.11. The SMILES string of the molecule is [CH2]CCCCCCOSC. The first-order chi connectivity index (χ1) is 4.91. The summed E-state index contributed by atoms with van der Waals surface area (Å²) in [5, 5.41) is 0. The van der Waals surface area contributed by atoms with E-state index in [1.807, 2.05) is 6.26 Å². The van der Waals surface area contributed by atoms with Gasteiger partial charge in [-0.25, -0.2) is 0 Å². The molecule has 0 atom stereocenters. The molecule has 2 heteroatoms. The molecule has 0 rings (SSSR count). The molecular formula is C8H17OS. The molecule has 0 saturated carbocycles. The second-order valence-electron chi connectivity index (χ2n) is 2.26. The first kappa shape index (κ1) is 10.3. The molecular weight excluding hydrogens is 144 g/mol. The molecule has 0 heterocycles. The van der Waals surface area contributed by atoms with Gasteiger partial charge in [0.2, 0.25) is 0 Å². The molecule has 10 heavy (non-hydrogen) atoms. The van der Waals surface area contributed by atoms with Crippen molar-refractivity contribution in [2.45, 2.75) is 32.1 Å². The smallest absolute Gasteiger partial charge is 0.0613 e. The van der Waals surface area contributed by atoms with Crippen molar-refractivity contribution < 1.29 is 4.18 Å². The lowest BCUT2D eigenvalue weighted by atomic mass is 10.2. The maximum Gasteiger partial charge on any atom is 0.0613 e. The fourth-order valence-electron chi connectivity index (χ4n) is 0.775. The van der Waals surface area contributed by atoms with Crippen LogP contribution in [0, 0.1) is 6.92 Å². The second-order valence-corrected chi connectivity index (χ2v) is 2.83. The van der Waals surface area contributed by atoms with Gasteiger partial charge in [0.1, 0.15) is 0 Å². The fourth-order valence-corrected chi connectivity index (χ4v) is 1.06. The lowest BCUT2D eigenvalue weighted by Crippen LogP contribution is -1.85. The second kappa shape index (κ2) is 9.31. The lowest BCUT2D eigenvalue weighted by molar-refractivity contribution is 0.357. The van der Waals surface area contributed by atoms with Crippen molar-refractivity contribution >= 4 is 12.0 Å². The van der Waals surface area contributed by atoms with Crippen molar-refractivity contribution in [2.75, 3.05) is 12.9 Å². The first-order valence-corrected chi connectivity index (χ1v) is 5.01. The highest BCUT2D eigenvalue weighted by atomic mass is 32.2. The van der Waals surface area contributed by atoms with Crippen LogP contribution in [0.3, 0.4) is 0 Å². The number of hydrogen-bond acceptors (Lipinski definition) is 2. The van der Waals surface area contributed by atoms with E-state index in [1.165, 1.54) is 37.7 Å². The highest BCUT2D eigenvalue weighted by molar-refractivity contribution is 7.93. The zero-order valence-corrected chi connectivity index (χ0v) is 7.58. The summed E-state index contributed by atoms with van der Waals surface area (Å²) in [6.45, 7) is 4.69. The molecule has 0 amide bonds. The van der Waals surface area contributed by atoms with Gasteiger partial charge in [0.05, 0.1) is 6.61 Å². The average Bonchev–Trinajstić information content (AvgIpc) is 1.97. The van der Waals surface area contributed by atoms with Crippen LogP contribution in [0.25, 0.3) is 0 Å². The molecule has 0 aliphatic heterocycles. The molecule has 0 spiro atoms. The van der Waals surface area contributed by atoms with Crippen LogP contribution in [-0.2, 0) is 4.18 Å². The zero-order chi connectivity index (χ0) is 7.66. The summed E-state index contributed by atoms with van der Waals surface area (Å²) in [7, 11) is 0. The van der Waals surface area contributed by atoms with Gasteiger partial charge in [-0.3, -0.25) is 0 Å². The van der Waals surface area contributed by atoms with E-state index in [0.717, 1.165) is 13.0 Å². The molecule has 0 saturated heterocycles. The molecule has 1 radical (unpaired) electrons. The van der Waals surface area contributed by atoms with Gasteiger partial charge in [0.15, 0.2) is 0 Å².